The van der Waals surface area contributed by atoms with Crippen LogP contribution in [0.3, 0.4) is 0 Å². The van der Waals surface area contributed by atoms with Crippen LogP contribution in [0.5, 0.6) is 0 Å². The molecule has 3 heteroatoms. The first-order valence-electron chi connectivity index (χ1n) is 6.17. The zero-order valence-electron chi connectivity index (χ0n) is 11.1. The maximum atomic E-state index is 5.70. The molecule has 0 unspecified atom stereocenters. The van der Waals surface area contributed by atoms with Crippen LogP contribution in [0.1, 0.15) is 41.5 Å². The van der Waals surface area contributed by atoms with E-state index in [0.717, 1.165) is 0 Å². The van der Waals surface area contributed by atoms with Crippen LogP contribution in [0.15, 0.2) is 0 Å². The monoisotopic (exact) mass is 254 g/mol. The Balaban J connectivity index is 2.75. The van der Waals surface area contributed by atoms with E-state index < -0.39 is 13.6 Å². The zero-order valence-corrected chi connectivity index (χ0v) is 12.5. The third-order valence-corrected chi connectivity index (χ3v) is 11.2. The molecule has 0 N–H and O–H groups in total. The molecule has 0 bridgehead atoms. The van der Waals surface area contributed by atoms with Gasteiger partial charge in [0.2, 0.25) is 0 Å². The summed E-state index contributed by atoms with van der Waals surface area (Å²) in [6.45, 7) is 13.7. The Morgan fingerprint density at radius 1 is 0.667 bits per heavy atom. The molecule has 0 aromatic carbocycles. The van der Waals surface area contributed by atoms with Gasteiger partial charge in [-0.05, 0) is 0 Å². The molecule has 1 aliphatic heterocycles. The standard InChI is InChI=1S/3C4H9.O2.V/c3*1-4(2)3;1-2;/h3*4H,1H2,2-3H3;;/q;;;-2;+2. The van der Waals surface area contributed by atoms with Gasteiger partial charge >= 0.3 is 95.9 Å². The van der Waals surface area contributed by atoms with Crippen molar-refractivity contribution in [2.75, 3.05) is 0 Å². The molecular formula is C12H27O2V. The van der Waals surface area contributed by atoms with Gasteiger partial charge in [-0.1, -0.05) is 0 Å². The Labute approximate surface area is 96.1 Å². The number of rotatable bonds is 6. The van der Waals surface area contributed by atoms with E-state index in [1.54, 1.807) is 0 Å². The van der Waals surface area contributed by atoms with Gasteiger partial charge in [0.15, 0.2) is 0 Å². The third kappa shape index (κ3) is 3.49. The van der Waals surface area contributed by atoms with E-state index in [1.165, 1.54) is 15.4 Å². The van der Waals surface area contributed by atoms with E-state index in [2.05, 4.69) is 41.5 Å². The van der Waals surface area contributed by atoms with Crippen molar-refractivity contribution >= 4 is 0 Å². The third-order valence-electron chi connectivity index (χ3n) is 2.71. The molecule has 0 aromatic rings. The molecule has 0 saturated carbocycles. The average molecular weight is 254 g/mol. The van der Waals surface area contributed by atoms with Crippen molar-refractivity contribution in [2.45, 2.75) is 56.9 Å². The van der Waals surface area contributed by atoms with E-state index >= 15 is 0 Å². The predicted octanol–water partition coefficient (Wildman–Crippen LogP) is 4.69. The summed E-state index contributed by atoms with van der Waals surface area (Å²) in [4.78, 5) is 0. The van der Waals surface area contributed by atoms with Crippen molar-refractivity contribution in [3.05, 3.63) is 0 Å². The molecule has 0 spiro atoms. The van der Waals surface area contributed by atoms with Gasteiger partial charge in [0.25, 0.3) is 0 Å². The molecule has 1 rings (SSSR count). The van der Waals surface area contributed by atoms with Gasteiger partial charge in [-0.2, -0.15) is 0 Å². The first-order valence-corrected chi connectivity index (χ1v) is 10.3. The quantitative estimate of drug-likeness (QED) is 0.507. The van der Waals surface area contributed by atoms with Crippen LogP contribution < -0.4 is 0 Å². The number of hydrogen-bond acceptors (Lipinski definition) is 2. The average Bonchev–Trinajstić information content (AvgIpc) is 2.58. The second-order valence-electron chi connectivity index (χ2n) is 6.40. The molecule has 0 radical (unpaired) electrons. The van der Waals surface area contributed by atoms with Gasteiger partial charge in [-0.15, -0.1) is 0 Å². The van der Waals surface area contributed by atoms with E-state index in [-0.39, 0.29) is 0 Å². The van der Waals surface area contributed by atoms with Crippen LogP contribution in [-0.4, -0.2) is 0 Å². The van der Waals surface area contributed by atoms with Crippen molar-refractivity contribution < 1.29 is 21.2 Å². The topological polar surface area (TPSA) is 25.1 Å². The van der Waals surface area contributed by atoms with Gasteiger partial charge < -0.3 is 0 Å². The molecule has 0 aromatic heterocycles. The maximum absolute atomic E-state index is 5.70. The van der Waals surface area contributed by atoms with E-state index in [1.807, 2.05) is 0 Å². The van der Waals surface area contributed by atoms with Crippen LogP contribution in [0.25, 0.3) is 0 Å². The van der Waals surface area contributed by atoms with Crippen LogP contribution in [0.2, 0.25) is 15.4 Å². The van der Waals surface area contributed by atoms with Crippen LogP contribution >= 0.6 is 0 Å². The van der Waals surface area contributed by atoms with E-state index in [0.29, 0.717) is 17.8 Å². The van der Waals surface area contributed by atoms with Crippen LogP contribution in [-0.2, 0) is 21.2 Å². The Morgan fingerprint density at radius 3 is 1.07 bits per heavy atom. The van der Waals surface area contributed by atoms with E-state index in [4.69, 9.17) is 7.63 Å². The van der Waals surface area contributed by atoms with Gasteiger partial charge in [0, 0.05) is 0 Å². The van der Waals surface area contributed by atoms with Crippen molar-refractivity contribution in [1.82, 2.24) is 0 Å². The van der Waals surface area contributed by atoms with Crippen LogP contribution in [0.4, 0.5) is 0 Å². The Bertz CT molecular complexity index is 186. The second-order valence-corrected chi connectivity index (χ2v) is 13.3. The second kappa shape index (κ2) is 4.41. The van der Waals surface area contributed by atoms with Crippen LogP contribution in [0, 0.1) is 17.8 Å². The molecule has 2 nitrogen and oxygen atoms in total. The minimum absolute atomic E-state index is 0.691. The molecular weight excluding hydrogens is 227 g/mol. The van der Waals surface area contributed by atoms with Crippen molar-refractivity contribution in [1.29, 1.82) is 0 Å². The predicted molar refractivity (Wildman–Crippen MR) is 61.1 cm³/mol. The molecule has 92 valence electrons. The Kier molecular flexibility index (Phi) is 3.98. The molecule has 1 fully saturated rings. The minimum atomic E-state index is -2.74. The summed E-state index contributed by atoms with van der Waals surface area (Å²) < 4.78 is 11.4. The first-order chi connectivity index (χ1) is 6.77. The SMILES string of the molecule is CC(C)[CH2][V]1([CH2]C(C)C)([CH2]C(C)C)[O][O]1. The van der Waals surface area contributed by atoms with Crippen molar-refractivity contribution in [2.24, 2.45) is 17.8 Å². The fraction of sp³-hybridized carbons (Fsp3) is 1.00. The number of hydrogen-bond donors (Lipinski definition) is 0. The van der Waals surface area contributed by atoms with Gasteiger partial charge in [-0.25, -0.2) is 0 Å². The Morgan fingerprint density at radius 2 is 0.933 bits per heavy atom. The molecule has 1 aliphatic rings. The molecule has 0 amide bonds. The Hall–Kier alpha value is 0.504. The fourth-order valence-corrected chi connectivity index (χ4v) is 13.0. The fourth-order valence-electron chi connectivity index (χ4n) is 2.92. The van der Waals surface area contributed by atoms with Crippen molar-refractivity contribution in [3.63, 3.8) is 0 Å². The van der Waals surface area contributed by atoms with E-state index in [9.17, 15) is 0 Å². The molecule has 1 saturated heterocycles. The molecule has 1 heterocycles. The van der Waals surface area contributed by atoms with Crippen molar-refractivity contribution in [3.8, 4) is 0 Å². The molecule has 0 aliphatic carbocycles. The van der Waals surface area contributed by atoms with Gasteiger partial charge in [0.05, 0.1) is 0 Å². The zero-order chi connectivity index (χ0) is 11.7. The van der Waals surface area contributed by atoms with Gasteiger partial charge in [0.1, 0.15) is 0 Å². The first kappa shape index (κ1) is 13.6. The summed E-state index contributed by atoms with van der Waals surface area (Å²) >= 11 is -2.74. The molecule has 15 heavy (non-hydrogen) atoms. The summed E-state index contributed by atoms with van der Waals surface area (Å²) in [5.74, 6) is 2.07. The summed E-state index contributed by atoms with van der Waals surface area (Å²) in [6, 6.07) is 0. The summed E-state index contributed by atoms with van der Waals surface area (Å²) in [6.07, 6.45) is 0. The summed E-state index contributed by atoms with van der Waals surface area (Å²) in [5.41, 5.74) is 0. The normalized spacial score (nSPS) is 25.5. The molecule has 0 atom stereocenters. The van der Waals surface area contributed by atoms with Gasteiger partial charge in [-0.3, -0.25) is 0 Å². The summed E-state index contributed by atoms with van der Waals surface area (Å²) in [7, 11) is 0. The summed E-state index contributed by atoms with van der Waals surface area (Å²) in [5, 5.41) is 3.57.